The maximum Gasteiger partial charge on any atom is 0.131 e. The van der Waals surface area contributed by atoms with Gasteiger partial charge >= 0.3 is 0 Å². The summed E-state index contributed by atoms with van der Waals surface area (Å²) in [7, 11) is 1.66. The number of hydrogen-bond acceptors (Lipinski definition) is 1. The molecule has 0 amide bonds. The average molecular weight is 279 g/mol. The van der Waals surface area contributed by atoms with Gasteiger partial charge in [-0.1, -0.05) is 6.07 Å². The van der Waals surface area contributed by atoms with E-state index in [0.717, 1.165) is 11.6 Å². The summed E-state index contributed by atoms with van der Waals surface area (Å²) < 4.78 is 40.8. The zero-order chi connectivity index (χ0) is 14.9. The Labute approximate surface area is 116 Å². The van der Waals surface area contributed by atoms with Gasteiger partial charge in [0.15, 0.2) is 0 Å². The molecule has 0 aliphatic carbocycles. The van der Waals surface area contributed by atoms with Crippen molar-refractivity contribution in [2.24, 2.45) is 0 Å². The summed E-state index contributed by atoms with van der Waals surface area (Å²) in [6.07, 6.45) is 0. The lowest BCUT2D eigenvalue weighted by Crippen LogP contribution is -2.19. The van der Waals surface area contributed by atoms with Crippen molar-refractivity contribution < 1.29 is 13.2 Å². The molecule has 0 aliphatic heterocycles. The number of hydrogen-bond donors (Lipinski definition) is 1. The van der Waals surface area contributed by atoms with E-state index in [1.165, 1.54) is 18.2 Å². The zero-order valence-electron chi connectivity index (χ0n) is 11.6. The monoisotopic (exact) mass is 279 g/mol. The first kappa shape index (κ1) is 14.6. The SMILES string of the molecule is CNC(c1cc(C)cc(F)c1)c1cc(C)c(F)cc1F. The lowest BCUT2D eigenvalue weighted by atomic mass is 9.95. The highest BCUT2D eigenvalue weighted by atomic mass is 19.1. The average Bonchev–Trinajstić information content (AvgIpc) is 2.35. The number of aryl methyl sites for hydroxylation is 2. The van der Waals surface area contributed by atoms with E-state index in [2.05, 4.69) is 5.32 Å². The van der Waals surface area contributed by atoms with Gasteiger partial charge in [0, 0.05) is 11.6 Å². The van der Waals surface area contributed by atoms with Crippen molar-refractivity contribution in [2.45, 2.75) is 19.9 Å². The van der Waals surface area contributed by atoms with Crippen LogP contribution < -0.4 is 5.32 Å². The van der Waals surface area contributed by atoms with Gasteiger partial charge in [0.05, 0.1) is 6.04 Å². The Kier molecular flexibility index (Phi) is 4.14. The minimum absolute atomic E-state index is 0.302. The second-order valence-corrected chi connectivity index (χ2v) is 4.91. The minimum Gasteiger partial charge on any atom is -0.309 e. The summed E-state index contributed by atoms with van der Waals surface area (Å²) in [6.45, 7) is 3.34. The van der Waals surface area contributed by atoms with Crippen LogP contribution in [0.1, 0.15) is 28.3 Å². The lowest BCUT2D eigenvalue weighted by molar-refractivity contribution is 0.545. The molecule has 4 heteroatoms. The van der Waals surface area contributed by atoms with Crippen molar-refractivity contribution in [1.29, 1.82) is 0 Å². The fourth-order valence-electron chi connectivity index (χ4n) is 2.33. The summed E-state index contributed by atoms with van der Waals surface area (Å²) in [5, 5.41) is 2.95. The molecule has 106 valence electrons. The third kappa shape index (κ3) is 2.85. The van der Waals surface area contributed by atoms with Crippen LogP contribution in [0.2, 0.25) is 0 Å². The molecule has 1 unspecified atom stereocenters. The molecular weight excluding hydrogens is 263 g/mol. The van der Waals surface area contributed by atoms with Crippen molar-refractivity contribution in [3.05, 3.63) is 70.0 Å². The smallest absolute Gasteiger partial charge is 0.131 e. The van der Waals surface area contributed by atoms with Crippen LogP contribution >= 0.6 is 0 Å². The summed E-state index contributed by atoms with van der Waals surface area (Å²) in [6, 6.07) is 6.33. The Hall–Kier alpha value is -1.81. The van der Waals surface area contributed by atoms with E-state index < -0.39 is 17.7 Å². The van der Waals surface area contributed by atoms with Gasteiger partial charge in [0.1, 0.15) is 17.5 Å². The first-order valence-corrected chi connectivity index (χ1v) is 6.32. The predicted molar refractivity (Wildman–Crippen MR) is 73.1 cm³/mol. The minimum atomic E-state index is -0.644. The summed E-state index contributed by atoms with van der Waals surface area (Å²) in [5.41, 5.74) is 2.01. The van der Waals surface area contributed by atoms with Crippen LogP contribution in [0.15, 0.2) is 30.3 Å². The summed E-state index contributed by atoms with van der Waals surface area (Å²) in [4.78, 5) is 0. The molecule has 0 aromatic heterocycles. The van der Waals surface area contributed by atoms with Crippen molar-refractivity contribution in [3.63, 3.8) is 0 Å². The number of nitrogens with one attached hydrogen (secondary N) is 1. The molecule has 0 heterocycles. The highest BCUT2D eigenvalue weighted by Crippen LogP contribution is 2.27. The van der Waals surface area contributed by atoms with Gasteiger partial charge in [0.2, 0.25) is 0 Å². The predicted octanol–water partition coefficient (Wildman–Crippen LogP) is 4.03. The van der Waals surface area contributed by atoms with Crippen molar-refractivity contribution in [2.75, 3.05) is 7.05 Å². The molecule has 1 atom stereocenters. The van der Waals surface area contributed by atoms with Gasteiger partial charge in [-0.15, -0.1) is 0 Å². The van der Waals surface area contributed by atoms with E-state index in [-0.39, 0.29) is 5.82 Å². The molecule has 0 spiro atoms. The topological polar surface area (TPSA) is 12.0 Å². The summed E-state index contributed by atoms with van der Waals surface area (Å²) >= 11 is 0. The van der Waals surface area contributed by atoms with Crippen LogP contribution in [0.25, 0.3) is 0 Å². The normalized spacial score (nSPS) is 12.5. The van der Waals surface area contributed by atoms with E-state index in [4.69, 9.17) is 0 Å². The fourth-order valence-corrected chi connectivity index (χ4v) is 2.33. The molecule has 1 N–H and O–H groups in total. The molecule has 0 saturated carbocycles. The van der Waals surface area contributed by atoms with Crippen molar-refractivity contribution in [1.82, 2.24) is 5.32 Å². The fraction of sp³-hybridized carbons (Fsp3) is 0.250. The van der Waals surface area contributed by atoms with Crippen LogP contribution in [-0.4, -0.2) is 7.05 Å². The van der Waals surface area contributed by atoms with Crippen molar-refractivity contribution >= 4 is 0 Å². The maximum atomic E-state index is 14.0. The van der Waals surface area contributed by atoms with E-state index in [1.54, 1.807) is 27.0 Å². The maximum absolute atomic E-state index is 14.0. The largest absolute Gasteiger partial charge is 0.309 e. The first-order chi connectivity index (χ1) is 9.42. The van der Waals surface area contributed by atoms with E-state index in [1.807, 2.05) is 0 Å². The molecule has 20 heavy (non-hydrogen) atoms. The Bertz CT molecular complexity index is 618. The molecule has 0 bridgehead atoms. The lowest BCUT2D eigenvalue weighted by Gasteiger charge is -2.19. The zero-order valence-corrected chi connectivity index (χ0v) is 11.6. The first-order valence-electron chi connectivity index (χ1n) is 6.32. The Morgan fingerprint density at radius 1 is 0.900 bits per heavy atom. The van der Waals surface area contributed by atoms with E-state index >= 15 is 0 Å². The molecule has 0 radical (unpaired) electrons. The third-order valence-corrected chi connectivity index (χ3v) is 3.28. The standard InChI is InChI=1S/C16H16F3N/c1-9-4-11(7-12(17)5-9)16(20-3)13-6-10(2)14(18)8-15(13)19/h4-8,16,20H,1-3H3. The highest BCUT2D eigenvalue weighted by Gasteiger charge is 2.19. The van der Waals surface area contributed by atoms with Gasteiger partial charge in [-0.25, -0.2) is 13.2 Å². The van der Waals surface area contributed by atoms with Crippen LogP contribution in [0, 0.1) is 31.3 Å². The second kappa shape index (κ2) is 5.67. The number of rotatable bonds is 3. The summed E-state index contributed by atoms with van der Waals surface area (Å²) in [5.74, 6) is -1.61. The molecule has 2 aromatic carbocycles. The second-order valence-electron chi connectivity index (χ2n) is 4.91. The Balaban J connectivity index is 2.55. The molecule has 0 aliphatic rings. The van der Waals surface area contributed by atoms with Crippen molar-refractivity contribution in [3.8, 4) is 0 Å². The van der Waals surface area contributed by atoms with Gasteiger partial charge in [-0.3, -0.25) is 0 Å². The third-order valence-electron chi connectivity index (χ3n) is 3.28. The van der Waals surface area contributed by atoms with Crippen LogP contribution in [0.5, 0.6) is 0 Å². The quantitative estimate of drug-likeness (QED) is 0.894. The van der Waals surface area contributed by atoms with Gasteiger partial charge in [-0.2, -0.15) is 0 Å². The molecule has 1 nitrogen and oxygen atoms in total. The Morgan fingerprint density at radius 2 is 1.60 bits per heavy atom. The number of halogens is 3. The molecule has 0 fully saturated rings. The molecule has 0 saturated heterocycles. The van der Waals surface area contributed by atoms with Gasteiger partial charge in [0.25, 0.3) is 0 Å². The molecule has 2 aromatic rings. The van der Waals surface area contributed by atoms with Gasteiger partial charge in [-0.05, 0) is 55.8 Å². The highest BCUT2D eigenvalue weighted by molar-refractivity contribution is 5.37. The van der Waals surface area contributed by atoms with Gasteiger partial charge < -0.3 is 5.32 Å². The van der Waals surface area contributed by atoms with E-state index in [9.17, 15) is 13.2 Å². The Morgan fingerprint density at radius 3 is 2.20 bits per heavy atom. The van der Waals surface area contributed by atoms with E-state index in [0.29, 0.717) is 16.7 Å². The molecule has 2 rings (SSSR count). The van der Waals surface area contributed by atoms with Crippen LogP contribution in [0.3, 0.4) is 0 Å². The molecular formula is C16H16F3N. The number of benzene rings is 2. The van der Waals surface area contributed by atoms with Crippen LogP contribution in [-0.2, 0) is 0 Å². The van der Waals surface area contributed by atoms with Crippen LogP contribution in [0.4, 0.5) is 13.2 Å².